The van der Waals surface area contributed by atoms with Gasteiger partial charge in [-0.15, -0.1) is 0 Å². The molecule has 0 aromatic carbocycles. The molecule has 0 unspecified atom stereocenters. The summed E-state index contributed by atoms with van der Waals surface area (Å²) in [5.74, 6) is 0. The number of rotatable bonds is 2. The van der Waals surface area contributed by atoms with Crippen LogP contribution in [-0.4, -0.2) is 12.6 Å². The summed E-state index contributed by atoms with van der Waals surface area (Å²) in [6, 6.07) is 0. The van der Waals surface area contributed by atoms with Crippen molar-refractivity contribution in [2.75, 3.05) is 0 Å². The van der Waals surface area contributed by atoms with Crippen LogP contribution in [0.2, 0.25) is 0 Å². The number of alkyl halides is 2. The highest BCUT2D eigenvalue weighted by Crippen LogP contribution is 2.05. The zero-order chi connectivity index (χ0) is 7.44. The highest BCUT2D eigenvalue weighted by molar-refractivity contribution is 5.75. The molecule has 3 N–H and O–H groups in total. The van der Waals surface area contributed by atoms with Crippen LogP contribution < -0.4 is 5.73 Å². The summed E-state index contributed by atoms with van der Waals surface area (Å²) in [5, 5.41) is 6.54. The van der Waals surface area contributed by atoms with Gasteiger partial charge >= 0.3 is 0 Å². The third-order valence-electron chi connectivity index (χ3n) is 0.907. The zero-order valence-corrected chi connectivity index (χ0v) is 4.99. The van der Waals surface area contributed by atoms with Gasteiger partial charge in [0, 0.05) is 6.21 Å². The Balaban J connectivity index is 4.27. The van der Waals surface area contributed by atoms with E-state index in [-0.39, 0.29) is 5.57 Å². The topological polar surface area (TPSA) is 49.9 Å². The van der Waals surface area contributed by atoms with Crippen LogP contribution in [0.5, 0.6) is 0 Å². The van der Waals surface area contributed by atoms with Gasteiger partial charge in [-0.25, -0.2) is 8.78 Å². The predicted molar refractivity (Wildman–Crippen MR) is 31.7 cm³/mol. The number of hydrogen-bond acceptors (Lipinski definition) is 2. The third-order valence-corrected chi connectivity index (χ3v) is 0.907. The van der Waals surface area contributed by atoms with Crippen molar-refractivity contribution >= 4 is 6.21 Å². The number of allylic oxidation sites excluding steroid dienone is 2. The van der Waals surface area contributed by atoms with Gasteiger partial charge in [-0.05, 0) is 12.5 Å². The lowest BCUT2D eigenvalue weighted by Crippen LogP contribution is -2.10. The maximum absolute atomic E-state index is 11.6. The van der Waals surface area contributed by atoms with E-state index in [0.29, 0.717) is 0 Å². The Labute approximate surface area is 51.9 Å². The first kappa shape index (κ1) is 8.07. The largest absolute Gasteiger partial charge is 0.397 e. The fourth-order valence-electron chi connectivity index (χ4n) is 0.255. The molecule has 0 saturated heterocycles. The molecule has 0 fully saturated rings. The number of halogens is 2. The maximum atomic E-state index is 11.6. The molecule has 52 valence electrons. The summed E-state index contributed by atoms with van der Waals surface area (Å²) in [5.41, 5.74) is 4.44. The normalized spacial score (nSPS) is 13.3. The highest BCUT2D eigenvalue weighted by atomic mass is 19.3. The van der Waals surface area contributed by atoms with Gasteiger partial charge in [-0.2, -0.15) is 0 Å². The lowest BCUT2D eigenvalue weighted by molar-refractivity contribution is 0.187. The molecular weight excluding hydrogens is 126 g/mol. The van der Waals surface area contributed by atoms with Gasteiger partial charge in [0.1, 0.15) is 0 Å². The van der Waals surface area contributed by atoms with Gasteiger partial charge < -0.3 is 11.1 Å². The second-order valence-corrected chi connectivity index (χ2v) is 1.58. The lowest BCUT2D eigenvalue weighted by atomic mass is 10.2. The SMILES string of the molecule is CC(C=N)=C(N)C(F)F. The Kier molecular flexibility index (Phi) is 2.84. The van der Waals surface area contributed by atoms with E-state index in [1.54, 1.807) is 0 Å². The molecule has 0 aliphatic carbocycles. The second-order valence-electron chi connectivity index (χ2n) is 1.58. The van der Waals surface area contributed by atoms with Crippen LogP contribution in [0.3, 0.4) is 0 Å². The molecule has 2 nitrogen and oxygen atoms in total. The molecule has 0 aromatic heterocycles. The maximum Gasteiger partial charge on any atom is 0.278 e. The lowest BCUT2D eigenvalue weighted by Gasteiger charge is -1.99. The van der Waals surface area contributed by atoms with Crippen molar-refractivity contribution in [1.82, 2.24) is 0 Å². The van der Waals surface area contributed by atoms with Gasteiger partial charge in [-0.1, -0.05) is 0 Å². The molecule has 0 spiro atoms. The highest BCUT2D eigenvalue weighted by Gasteiger charge is 2.07. The average molecular weight is 134 g/mol. The fourth-order valence-corrected chi connectivity index (χ4v) is 0.255. The molecule has 0 aliphatic rings. The molecule has 0 aliphatic heterocycles. The van der Waals surface area contributed by atoms with E-state index < -0.39 is 12.1 Å². The van der Waals surface area contributed by atoms with Crippen molar-refractivity contribution in [1.29, 1.82) is 5.41 Å². The van der Waals surface area contributed by atoms with E-state index >= 15 is 0 Å². The van der Waals surface area contributed by atoms with E-state index in [1.165, 1.54) is 6.92 Å². The van der Waals surface area contributed by atoms with Crippen LogP contribution in [0, 0.1) is 5.41 Å². The summed E-state index contributed by atoms with van der Waals surface area (Å²) < 4.78 is 23.2. The quantitative estimate of drug-likeness (QED) is 0.546. The summed E-state index contributed by atoms with van der Waals surface area (Å²) in [6.45, 7) is 1.37. The second kappa shape index (κ2) is 3.17. The molecule has 0 aromatic rings. The summed E-state index contributed by atoms with van der Waals surface area (Å²) in [7, 11) is 0. The molecular formula is C5H8F2N2. The molecule has 0 amide bonds. The fraction of sp³-hybridized carbons (Fsp3) is 0.400. The van der Waals surface area contributed by atoms with Gasteiger partial charge in [0.2, 0.25) is 0 Å². The molecule has 0 rings (SSSR count). The van der Waals surface area contributed by atoms with Crippen molar-refractivity contribution in [2.45, 2.75) is 13.3 Å². The summed E-state index contributed by atoms with van der Waals surface area (Å²) in [4.78, 5) is 0. The van der Waals surface area contributed by atoms with Gasteiger partial charge in [0.15, 0.2) is 0 Å². The van der Waals surface area contributed by atoms with Gasteiger partial charge in [0.05, 0.1) is 5.70 Å². The first-order chi connectivity index (χ1) is 4.09. The van der Waals surface area contributed by atoms with E-state index in [1.807, 2.05) is 0 Å². The number of nitrogens with two attached hydrogens (primary N) is 1. The molecule has 0 saturated carbocycles. The molecule has 9 heavy (non-hydrogen) atoms. The Hall–Kier alpha value is -0.930. The van der Waals surface area contributed by atoms with Crippen LogP contribution in [-0.2, 0) is 0 Å². The third kappa shape index (κ3) is 2.21. The molecule has 0 bridgehead atoms. The number of hydrogen-bond donors (Lipinski definition) is 2. The molecule has 4 heteroatoms. The summed E-state index contributed by atoms with van der Waals surface area (Å²) >= 11 is 0. The smallest absolute Gasteiger partial charge is 0.278 e. The van der Waals surface area contributed by atoms with Crippen molar-refractivity contribution in [3.05, 3.63) is 11.3 Å². The number of nitrogens with one attached hydrogen (secondary N) is 1. The van der Waals surface area contributed by atoms with Crippen molar-refractivity contribution in [2.24, 2.45) is 5.73 Å². The molecule has 0 atom stereocenters. The minimum absolute atomic E-state index is 0.116. The van der Waals surface area contributed by atoms with Crippen molar-refractivity contribution in [3.63, 3.8) is 0 Å². The Bertz CT molecular complexity index is 140. The zero-order valence-electron chi connectivity index (χ0n) is 4.99. The van der Waals surface area contributed by atoms with Crippen LogP contribution in [0.4, 0.5) is 8.78 Å². The van der Waals surface area contributed by atoms with Crippen molar-refractivity contribution in [3.8, 4) is 0 Å². The molecule has 0 heterocycles. The Morgan fingerprint density at radius 2 is 2.11 bits per heavy atom. The first-order valence-corrected chi connectivity index (χ1v) is 2.34. The minimum atomic E-state index is -2.65. The molecule has 0 radical (unpaired) electrons. The van der Waals surface area contributed by atoms with Crippen LogP contribution in [0.15, 0.2) is 11.3 Å². The van der Waals surface area contributed by atoms with E-state index in [0.717, 1.165) is 6.21 Å². The Morgan fingerprint density at radius 3 is 2.22 bits per heavy atom. The van der Waals surface area contributed by atoms with Crippen LogP contribution in [0.1, 0.15) is 6.92 Å². The van der Waals surface area contributed by atoms with Crippen LogP contribution >= 0.6 is 0 Å². The van der Waals surface area contributed by atoms with Gasteiger partial charge in [-0.3, -0.25) is 0 Å². The van der Waals surface area contributed by atoms with Crippen molar-refractivity contribution < 1.29 is 8.78 Å². The average Bonchev–Trinajstić information content (AvgIpc) is 1.84. The van der Waals surface area contributed by atoms with Crippen LogP contribution in [0.25, 0.3) is 0 Å². The predicted octanol–water partition coefficient (Wildman–Crippen LogP) is 1.13. The standard InChI is InChI=1S/C5H8F2N2/c1-3(2-8)4(9)5(6)7/h2,5,8H,9H2,1H3. The first-order valence-electron chi connectivity index (χ1n) is 2.34. The monoisotopic (exact) mass is 134 g/mol. The Morgan fingerprint density at radius 1 is 1.67 bits per heavy atom. The summed E-state index contributed by atoms with van der Waals surface area (Å²) in [6.07, 6.45) is -1.84. The van der Waals surface area contributed by atoms with E-state index in [2.05, 4.69) is 0 Å². The van der Waals surface area contributed by atoms with Gasteiger partial charge in [0.25, 0.3) is 6.43 Å². The minimum Gasteiger partial charge on any atom is -0.397 e. The van der Waals surface area contributed by atoms with E-state index in [9.17, 15) is 8.78 Å². The van der Waals surface area contributed by atoms with E-state index in [4.69, 9.17) is 11.1 Å².